The molecule has 0 saturated carbocycles. The van der Waals surface area contributed by atoms with Crippen molar-refractivity contribution in [3.05, 3.63) is 54.1 Å². The summed E-state index contributed by atoms with van der Waals surface area (Å²) in [4.78, 5) is 17.2. The number of thioether (sulfide) groups is 1. The summed E-state index contributed by atoms with van der Waals surface area (Å²) >= 11 is 1.39. The summed E-state index contributed by atoms with van der Waals surface area (Å²) in [6.45, 7) is 2.74. The molecule has 2 aromatic carbocycles. The van der Waals surface area contributed by atoms with E-state index in [1.165, 1.54) is 36.0 Å². The number of imidazole rings is 1. The molecule has 10 nitrogen and oxygen atoms in total. The van der Waals surface area contributed by atoms with Crippen LogP contribution in [0.15, 0.2) is 52.5 Å². The fraction of sp³-hybridized carbons (Fsp3) is 0.200. The summed E-state index contributed by atoms with van der Waals surface area (Å²) < 4.78 is 38.5. The van der Waals surface area contributed by atoms with Crippen LogP contribution in [0.4, 0.5) is 22.0 Å². The van der Waals surface area contributed by atoms with Crippen LogP contribution in [-0.4, -0.2) is 32.9 Å². The minimum absolute atomic E-state index is 0.00875. The van der Waals surface area contributed by atoms with Gasteiger partial charge < -0.3 is 15.6 Å². The number of nitrogens with two attached hydrogens (primary N) is 2. The van der Waals surface area contributed by atoms with Crippen LogP contribution in [-0.2, 0) is 22.3 Å². The van der Waals surface area contributed by atoms with Crippen molar-refractivity contribution in [3.63, 3.8) is 0 Å². The highest BCUT2D eigenvalue weighted by Crippen LogP contribution is 2.28. The molecule has 0 amide bonds. The van der Waals surface area contributed by atoms with Gasteiger partial charge in [-0.2, -0.15) is 15.0 Å². The molecule has 0 aliphatic rings. The van der Waals surface area contributed by atoms with Gasteiger partial charge in [0.2, 0.25) is 21.9 Å². The zero-order chi connectivity index (χ0) is 23.6. The van der Waals surface area contributed by atoms with E-state index in [1.54, 1.807) is 18.2 Å². The van der Waals surface area contributed by atoms with Gasteiger partial charge in [0.05, 0.1) is 21.7 Å². The van der Waals surface area contributed by atoms with E-state index in [4.69, 9.17) is 10.9 Å². The summed E-state index contributed by atoms with van der Waals surface area (Å²) in [6, 6.07) is 10.4. The van der Waals surface area contributed by atoms with E-state index in [1.807, 2.05) is 11.5 Å². The number of sulfonamides is 1. The SMILES string of the molecule is CCCn1c(SCc2nc(N)nc(Nc3ccc(F)cc3)n2)nc2cc(S(N)(=O)=O)ccc21. The maximum absolute atomic E-state index is 13.1. The van der Waals surface area contributed by atoms with Crippen LogP contribution < -0.4 is 16.2 Å². The van der Waals surface area contributed by atoms with Gasteiger partial charge in [-0.1, -0.05) is 18.7 Å². The number of benzene rings is 2. The number of primary sulfonamides is 1. The molecule has 0 saturated heterocycles. The minimum atomic E-state index is -3.83. The zero-order valence-electron chi connectivity index (χ0n) is 17.6. The van der Waals surface area contributed by atoms with Gasteiger partial charge in [-0.15, -0.1) is 0 Å². The monoisotopic (exact) mass is 488 g/mol. The van der Waals surface area contributed by atoms with Crippen molar-refractivity contribution < 1.29 is 12.8 Å². The molecule has 0 spiro atoms. The number of hydrogen-bond acceptors (Lipinski definition) is 9. The molecule has 172 valence electrons. The average Bonchev–Trinajstić information content (AvgIpc) is 3.10. The maximum atomic E-state index is 13.1. The number of aromatic nitrogens is 5. The van der Waals surface area contributed by atoms with Crippen LogP contribution >= 0.6 is 11.8 Å². The highest BCUT2D eigenvalue weighted by molar-refractivity contribution is 7.98. The molecule has 0 atom stereocenters. The third kappa shape index (κ3) is 5.38. The molecule has 0 radical (unpaired) electrons. The molecule has 4 rings (SSSR count). The lowest BCUT2D eigenvalue weighted by Gasteiger charge is -2.09. The second kappa shape index (κ2) is 9.29. The smallest absolute Gasteiger partial charge is 0.238 e. The number of anilines is 3. The highest BCUT2D eigenvalue weighted by atomic mass is 32.2. The van der Waals surface area contributed by atoms with Gasteiger partial charge in [-0.25, -0.2) is 22.9 Å². The van der Waals surface area contributed by atoms with Gasteiger partial charge in [0.15, 0.2) is 5.16 Å². The molecule has 0 bridgehead atoms. The summed E-state index contributed by atoms with van der Waals surface area (Å²) in [5, 5.41) is 8.91. The van der Waals surface area contributed by atoms with E-state index in [0.29, 0.717) is 34.5 Å². The summed E-state index contributed by atoms with van der Waals surface area (Å²) in [7, 11) is -3.83. The molecule has 2 heterocycles. The van der Waals surface area contributed by atoms with Crippen LogP contribution in [0.25, 0.3) is 11.0 Å². The lowest BCUT2D eigenvalue weighted by molar-refractivity contribution is 0.598. The van der Waals surface area contributed by atoms with E-state index < -0.39 is 10.0 Å². The number of hydrogen-bond donors (Lipinski definition) is 3. The standard InChI is InChI=1S/C20H21FN8O2S2/c1-2-9-29-16-8-7-14(33(23,30)31)10-15(16)25-20(29)32-11-17-26-18(22)28-19(27-17)24-13-5-3-12(21)4-6-13/h3-8,10H,2,9,11H2,1H3,(H2,23,30,31)(H3,22,24,26,27,28). The second-order valence-electron chi connectivity index (χ2n) is 7.10. The molecule has 0 fully saturated rings. The number of nitrogen functional groups attached to an aromatic ring is 1. The number of nitrogens with zero attached hydrogens (tertiary/aromatic N) is 5. The van der Waals surface area contributed by atoms with Crippen LogP contribution in [0.5, 0.6) is 0 Å². The van der Waals surface area contributed by atoms with Gasteiger partial charge in [0.1, 0.15) is 11.6 Å². The van der Waals surface area contributed by atoms with Crippen LogP contribution in [0.3, 0.4) is 0 Å². The highest BCUT2D eigenvalue weighted by Gasteiger charge is 2.16. The lowest BCUT2D eigenvalue weighted by Crippen LogP contribution is -2.11. The van der Waals surface area contributed by atoms with Crippen molar-refractivity contribution >= 4 is 50.4 Å². The van der Waals surface area contributed by atoms with E-state index in [2.05, 4.69) is 25.3 Å². The molecular weight excluding hydrogens is 467 g/mol. The van der Waals surface area contributed by atoms with Gasteiger partial charge in [-0.05, 0) is 48.9 Å². The quantitative estimate of drug-likeness (QED) is 0.317. The third-order valence-corrected chi connectivity index (χ3v) is 6.47. The fourth-order valence-corrected chi connectivity index (χ4v) is 4.59. The molecule has 0 aliphatic carbocycles. The Labute approximate surface area is 193 Å². The first-order valence-electron chi connectivity index (χ1n) is 9.92. The van der Waals surface area contributed by atoms with Crippen molar-refractivity contribution in [3.8, 4) is 0 Å². The van der Waals surface area contributed by atoms with Crippen molar-refractivity contribution in [1.82, 2.24) is 24.5 Å². The Kier molecular flexibility index (Phi) is 6.44. The van der Waals surface area contributed by atoms with E-state index in [-0.39, 0.29) is 22.6 Å². The Morgan fingerprint density at radius 3 is 2.55 bits per heavy atom. The number of halogens is 1. The van der Waals surface area contributed by atoms with Crippen molar-refractivity contribution in [2.75, 3.05) is 11.1 Å². The summed E-state index contributed by atoms with van der Waals surface area (Å²) in [6.07, 6.45) is 0.862. The maximum Gasteiger partial charge on any atom is 0.238 e. The summed E-state index contributed by atoms with van der Waals surface area (Å²) in [5.41, 5.74) is 7.79. The predicted octanol–water partition coefficient (Wildman–Crippen LogP) is 3.04. The molecular formula is C20H21FN8O2S2. The molecule has 13 heteroatoms. The van der Waals surface area contributed by atoms with Gasteiger partial charge in [-0.3, -0.25) is 0 Å². The average molecular weight is 489 g/mol. The Bertz CT molecular complexity index is 1410. The Hall–Kier alpha value is -3.29. The normalized spacial score (nSPS) is 11.7. The second-order valence-corrected chi connectivity index (χ2v) is 9.60. The Morgan fingerprint density at radius 1 is 1.09 bits per heavy atom. The first kappa shape index (κ1) is 22.9. The molecule has 33 heavy (non-hydrogen) atoms. The van der Waals surface area contributed by atoms with Crippen molar-refractivity contribution in [2.45, 2.75) is 35.7 Å². The number of rotatable bonds is 8. The van der Waals surface area contributed by atoms with Gasteiger partial charge in [0.25, 0.3) is 0 Å². The van der Waals surface area contributed by atoms with Crippen LogP contribution in [0, 0.1) is 5.82 Å². The first-order valence-corrected chi connectivity index (χ1v) is 12.4. The molecule has 0 unspecified atom stereocenters. The topological polar surface area (TPSA) is 155 Å². The number of aryl methyl sites for hydroxylation is 1. The number of nitrogens with one attached hydrogen (secondary N) is 1. The van der Waals surface area contributed by atoms with E-state index in [0.717, 1.165) is 11.9 Å². The van der Waals surface area contributed by atoms with Crippen molar-refractivity contribution in [1.29, 1.82) is 0 Å². The van der Waals surface area contributed by atoms with Gasteiger partial charge in [0, 0.05) is 12.2 Å². The third-order valence-electron chi connectivity index (χ3n) is 4.59. The molecule has 5 N–H and O–H groups in total. The first-order chi connectivity index (χ1) is 15.7. The van der Waals surface area contributed by atoms with Crippen molar-refractivity contribution in [2.24, 2.45) is 5.14 Å². The van der Waals surface area contributed by atoms with Crippen LogP contribution in [0.2, 0.25) is 0 Å². The fourth-order valence-electron chi connectivity index (χ4n) is 3.16. The minimum Gasteiger partial charge on any atom is -0.368 e. The molecule has 2 aromatic heterocycles. The zero-order valence-corrected chi connectivity index (χ0v) is 19.2. The predicted molar refractivity (Wildman–Crippen MR) is 125 cm³/mol. The van der Waals surface area contributed by atoms with E-state index >= 15 is 0 Å². The Balaban J connectivity index is 1.59. The summed E-state index contributed by atoms with van der Waals surface area (Å²) in [5.74, 6) is 0.714. The van der Waals surface area contributed by atoms with E-state index in [9.17, 15) is 12.8 Å². The van der Waals surface area contributed by atoms with Gasteiger partial charge >= 0.3 is 0 Å². The lowest BCUT2D eigenvalue weighted by atomic mass is 10.3. The molecule has 0 aliphatic heterocycles. The largest absolute Gasteiger partial charge is 0.368 e. The Morgan fingerprint density at radius 2 is 1.85 bits per heavy atom. The van der Waals surface area contributed by atoms with Crippen LogP contribution in [0.1, 0.15) is 19.2 Å². The number of fused-ring (bicyclic) bond motifs is 1. The molecule has 4 aromatic rings.